The van der Waals surface area contributed by atoms with E-state index in [9.17, 15) is 9.90 Å². The maximum atomic E-state index is 11.3. The van der Waals surface area contributed by atoms with Crippen molar-refractivity contribution in [2.45, 2.75) is 12.5 Å². The first kappa shape index (κ1) is 15.2. The van der Waals surface area contributed by atoms with Crippen LogP contribution < -0.4 is 5.32 Å². The molecule has 1 atom stereocenters. The highest BCUT2D eigenvalue weighted by atomic mass is 16.3. The summed E-state index contributed by atoms with van der Waals surface area (Å²) in [7, 11) is 3.43. The van der Waals surface area contributed by atoms with Crippen LogP contribution in [0.15, 0.2) is 24.3 Å². The second-order valence-electron chi connectivity index (χ2n) is 4.49. The average molecular weight is 261 g/mol. The van der Waals surface area contributed by atoms with Gasteiger partial charge in [0.05, 0.1) is 17.7 Å². The van der Waals surface area contributed by atoms with Crippen LogP contribution in [0.1, 0.15) is 23.7 Å². The highest BCUT2D eigenvalue weighted by Gasteiger charge is 2.08. The minimum absolute atomic E-state index is 0.0559. The smallest absolute Gasteiger partial charge is 0.223 e. The zero-order valence-corrected chi connectivity index (χ0v) is 11.3. The van der Waals surface area contributed by atoms with Gasteiger partial charge in [-0.05, 0) is 17.7 Å². The van der Waals surface area contributed by atoms with E-state index in [-0.39, 0.29) is 5.91 Å². The van der Waals surface area contributed by atoms with Gasteiger partial charge in [0.2, 0.25) is 5.91 Å². The third-order valence-electron chi connectivity index (χ3n) is 2.78. The number of aliphatic hydroxyl groups is 1. The number of hydrogen-bond acceptors (Lipinski definition) is 4. The molecule has 0 saturated heterocycles. The van der Waals surface area contributed by atoms with E-state index < -0.39 is 6.10 Å². The number of aliphatic hydroxyl groups excluding tert-OH is 1. The van der Waals surface area contributed by atoms with Crippen LogP contribution >= 0.6 is 0 Å². The van der Waals surface area contributed by atoms with Crippen molar-refractivity contribution in [1.82, 2.24) is 10.2 Å². The summed E-state index contributed by atoms with van der Waals surface area (Å²) in [6.45, 7) is 0.914. The fourth-order valence-electron chi connectivity index (χ4n) is 1.56. The van der Waals surface area contributed by atoms with E-state index in [2.05, 4.69) is 5.32 Å². The number of nitrogens with one attached hydrogen (secondary N) is 1. The number of benzene rings is 1. The molecule has 1 unspecified atom stereocenters. The fraction of sp³-hybridized carbons (Fsp3) is 0.429. The number of nitrogens with zero attached hydrogens (tertiary/aromatic N) is 2. The van der Waals surface area contributed by atoms with Crippen LogP contribution in [-0.2, 0) is 4.79 Å². The van der Waals surface area contributed by atoms with E-state index in [4.69, 9.17) is 5.26 Å². The van der Waals surface area contributed by atoms with Crippen LogP contribution in [0.25, 0.3) is 0 Å². The summed E-state index contributed by atoms with van der Waals surface area (Å²) in [5.41, 5.74) is 1.32. The summed E-state index contributed by atoms with van der Waals surface area (Å²) < 4.78 is 0. The number of carbonyl (C=O) groups is 1. The van der Waals surface area contributed by atoms with Crippen LogP contribution in [-0.4, -0.2) is 43.1 Å². The van der Waals surface area contributed by atoms with Crippen LogP contribution in [0, 0.1) is 11.3 Å². The Bertz CT molecular complexity index is 449. The normalized spacial score (nSPS) is 11.7. The zero-order chi connectivity index (χ0) is 14.3. The Morgan fingerprint density at radius 3 is 2.58 bits per heavy atom. The topological polar surface area (TPSA) is 76.4 Å². The predicted octanol–water partition coefficient (Wildman–Crippen LogP) is 0.660. The summed E-state index contributed by atoms with van der Waals surface area (Å²) >= 11 is 0. The Morgan fingerprint density at radius 2 is 2.05 bits per heavy atom. The lowest BCUT2D eigenvalue weighted by molar-refractivity contribution is -0.128. The molecule has 0 aromatic heterocycles. The predicted molar refractivity (Wildman–Crippen MR) is 72.3 cm³/mol. The molecule has 5 heteroatoms. The zero-order valence-electron chi connectivity index (χ0n) is 11.3. The maximum absolute atomic E-state index is 11.3. The molecule has 0 aliphatic heterocycles. The molecule has 1 aromatic carbocycles. The molecular weight excluding hydrogens is 242 g/mol. The van der Waals surface area contributed by atoms with Gasteiger partial charge < -0.3 is 15.3 Å². The number of carbonyl (C=O) groups excluding carboxylic acids is 1. The largest absolute Gasteiger partial charge is 0.387 e. The number of amides is 1. The van der Waals surface area contributed by atoms with Crippen LogP contribution in [0.5, 0.6) is 0 Å². The molecule has 1 aromatic rings. The Morgan fingerprint density at radius 1 is 1.42 bits per heavy atom. The van der Waals surface area contributed by atoms with E-state index in [1.807, 2.05) is 6.07 Å². The number of nitriles is 1. The minimum Gasteiger partial charge on any atom is -0.387 e. The van der Waals surface area contributed by atoms with Crippen molar-refractivity contribution in [3.05, 3.63) is 35.4 Å². The lowest BCUT2D eigenvalue weighted by atomic mass is 10.1. The van der Waals surface area contributed by atoms with Gasteiger partial charge in [0, 0.05) is 33.6 Å². The average Bonchev–Trinajstić information content (AvgIpc) is 2.43. The monoisotopic (exact) mass is 261 g/mol. The molecule has 1 amide bonds. The Kier molecular flexibility index (Phi) is 6.00. The summed E-state index contributed by atoms with van der Waals surface area (Å²) in [6, 6.07) is 8.84. The lowest BCUT2D eigenvalue weighted by Crippen LogP contribution is -2.28. The first-order valence-corrected chi connectivity index (χ1v) is 6.13. The molecule has 0 aliphatic rings. The van der Waals surface area contributed by atoms with E-state index in [0.29, 0.717) is 25.1 Å². The molecular formula is C14H19N3O2. The second-order valence-corrected chi connectivity index (χ2v) is 4.49. The van der Waals surface area contributed by atoms with Crippen molar-refractivity contribution in [2.24, 2.45) is 0 Å². The third-order valence-corrected chi connectivity index (χ3v) is 2.78. The highest BCUT2D eigenvalue weighted by Crippen LogP contribution is 2.12. The van der Waals surface area contributed by atoms with Crippen LogP contribution in [0.3, 0.4) is 0 Å². The van der Waals surface area contributed by atoms with Gasteiger partial charge in [-0.3, -0.25) is 4.79 Å². The fourth-order valence-corrected chi connectivity index (χ4v) is 1.56. The van der Waals surface area contributed by atoms with Crippen LogP contribution in [0.2, 0.25) is 0 Å². The maximum Gasteiger partial charge on any atom is 0.223 e. The van der Waals surface area contributed by atoms with Gasteiger partial charge in [-0.15, -0.1) is 0 Å². The van der Waals surface area contributed by atoms with Gasteiger partial charge in [0.25, 0.3) is 0 Å². The van der Waals surface area contributed by atoms with Gasteiger partial charge in [-0.1, -0.05) is 12.1 Å². The van der Waals surface area contributed by atoms with Gasteiger partial charge in [-0.25, -0.2) is 0 Å². The molecule has 19 heavy (non-hydrogen) atoms. The van der Waals surface area contributed by atoms with Crippen LogP contribution in [0.4, 0.5) is 0 Å². The Hall–Kier alpha value is -1.90. The Balaban J connectivity index is 2.33. The van der Waals surface area contributed by atoms with E-state index in [0.717, 1.165) is 5.56 Å². The molecule has 0 fully saturated rings. The number of hydrogen-bond donors (Lipinski definition) is 2. The first-order chi connectivity index (χ1) is 9.04. The third kappa shape index (κ3) is 5.08. The SMILES string of the molecule is CN(C)C(=O)CCNCC(O)c1ccc(C#N)cc1. The summed E-state index contributed by atoms with van der Waals surface area (Å²) in [5.74, 6) is 0.0559. The van der Waals surface area contributed by atoms with Crippen molar-refractivity contribution < 1.29 is 9.90 Å². The van der Waals surface area contributed by atoms with Gasteiger partial charge in [0.15, 0.2) is 0 Å². The molecule has 5 nitrogen and oxygen atoms in total. The molecule has 1 rings (SSSR count). The minimum atomic E-state index is -0.637. The quantitative estimate of drug-likeness (QED) is 0.738. The summed E-state index contributed by atoms with van der Waals surface area (Å²) in [4.78, 5) is 12.9. The van der Waals surface area contributed by atoms with Crippen molar-refractivity contribution in [2.75, 3.05) is 27.2 Å². The molecule has 102 valence electrons. The van der Waals surface area contributed by atoms with Gasteiger partial charge >= 0.3 is 0 Å². The van der Waals surface area contributed by atoms with Crippen molar-refractivity contribution in [1.29, 1.82) is 5.26 Å². The van der Waals surface area contributed by atoms with E-state index in [1.165, 1.54) is 0 Å². The Labute approximate surface area is 113 Å². The summed E-state index contributed by atoms with van der Waals surface area (Å²) in [5, 5.41) is 21.6. The van der Waals surface area contributed by atoms with Crippen molar-refractivity contribution in [3.63, 3.8) is 0 Å². The molecule has 0 saturated carbocycles. The molecule has 0 heterocycles. The summed E-state index contributed by atoms with van der Waals surface area (Å²) in [6.07, 6.45) is -0.227. The molecule has 0 aliphatic carbocycles. The lowest BCUT2D eigenvalue weighted by Gasteiger charge is -2.13. The number of rotatable bonds is 6. The molecule has 0 bridgehead atoms. The molecule has 0 radical (unpaired) electrons. The molecule has 2 N–H and O–H groups in total. The first-order valence-electron chi connectivity index (χ1n) is 6.13. The van der Waals surface area contributed by atoms with Gasteiger partial charge in [0.1, 0.15) is 0 Å². The van der Waals surface area contributed by atoms with Crippen molar-refractivity contribution in [3.8, 4) is 6.07 Å². The standard InChI is InChI=1S/C14H19N3O2/c1-17(2)14(19)7-8-16-10-13(18)12-5-3-11(9-15)4-6-12/h3-6,13,16,18H,7-8,10H2,1-2H3. The highest BCUT2D eigenvalue weighted by molar-refractivity contribution is 5.75. The van der Waals surface area contributed by atoms with E-state index >= 15 is 0 Å². The van der Waals surface area contributed by atoms with Gasteiger partial charge in [-0.2, -0.15) is 5.26 Å². The van der Waals surface area contributed by atoms with Crippen molar-refractivity contribution >= 4 is 5.91 Å². The van der Waals surface area contributed by atoms with E-state index in [1.54, 1.807) is 43.3 Å². The molecule has 0 spiro atoms. The second kappa shape index (κ2) is 7.52.